The first-order chi connectivity index (χ1) is 14.5. The number of hydrogen-bond acceptors (Lipinski definition) is 5. The predicted molar refractivity (Wildman–Crippen MR) is 113 cm³/mol. The van der Waals surface area contributed by atoms with Gasteiger partial charge in [-0.05, 0) is 68.2 Å². The topological polar surface area (TPSA) is 109 Å². The predicted octanol–water partition coefficient (Wildman–Crippen LogP) is 4.38. The zero-order chi connectivity index (χ0) is 22.4. The van der Waals surface area contributed by atoms with Gasteiger partial charge in [-0.3, -0.25) is 0 Å². The smallest absolute Gasteiger partial charge is 0.333 e. The van der Waals surface area contributed by atoms with Gasteiger partial charge in [-0.2, -0.15) is 8.42 Å². The second kappa shape index (κ2) is 7.94. The van der Waals surface area contributed by atoms with Gasteiger partial charge in [-0.15, -0.1) is 0 Å². The molecule has 4 rings (SSSR count). The summed E-state index contributed by atoms with van der Waals surface area (Å²) in [6, 6.07) is 3.08. The first-order valence-electron chi connectivity index (χ1n) is 10.5. The van der Waals surface area contributed by atoms with Crippen LogP contribution in [0.15, 0.2) is 34.0 Å². The number of nitrogens with one attached hydrogen (secondary N) is 2. The monoisotopic (exact) mass is 450 g/mol. The van der Waals surface area contributed by atoms with Crippen LogP contribution in [0, 0.1) is 11.7 Å². The van der Waals surface area contributed by atoms with E-state index in [0.717, 1.165) is 38.4 Å². The molecule has 1 heterocycles. The number of hydrogen-bond donors (Lipinski definition) is 3. The first-order valence-corrected chi connectivity index (χ1v) is 12.0. The van der Waals surface area contributed by atoms with Gasteiger partial charge in [0, 0.05) is 17.3 Å². The maximum Gasteiger partial charge on any atom is 0.333 e. The molecular weight excluding hydrogens is 423 g/mol. The van der Waals surface area contributed by atoms with Crippen LogP contribution in [0.1, 0.15) is 68.6 Å². The number of amides is 2. The van der Waals surface area contributed by atoms with Crippen LogP contribution in [0.25, 0.3) is 0 Å². The summed E-state index contributed by atoms with van der Waals surface area (Å²) < 4.78 is 46.4. The third-order valence-corrected chi connectivity index (χ3v) is 7.18. The van der Waals surface area contributed by atoms with E-state index < -0.39 is 26.7 Å². The Morgan fingerprint density at radius 1 is 1.23 bits per heavy atom. The van der Waals surface area contributed by atoms with Crippen molar-refractivity contribution < 1.29 is 27.1 Å². The van der Waals surface area contributed by atoms with E-state index in [1.807, 2.05) is 4.72 Å². The van der Waals surface area contributed by atoms with E-state index in [4.69, 9.17) is 4.42 Å². The van der Waals surface area contributed by atoms with E-state index in [0.29, 0.717) is 29.2 Å². The third kappa shape index (κ3) is 4.93. The van der Waals surface area contributed by atoms with Gasteiger partial charge in [0.25, 0.3) is 10.0 Å². The molecule has 0 bridgehead atoms. The van der Waals surface area contributed by atoms with Crippen LogP contribution in [0.5, 0.6) is 0 Å². The lowest BCUT2D eigenvalue weighted by molar-refractivity contribution is 0.0779. The minimum Gasteiger partial charge on any atom is -0.451 e. The van der Waals surface area contributed by atoms with Crippen molar-refractivity contribution in [2.45, 2.75) is 69.0 Å². The molecule has 9 heteroatoms. The zero-order valence-electron chi connectivity index (χ0n) is 17.6. The average molecular weight is 451 g/mol. The van der Waals surface area contributed by atoms with Gasteiger partial charge in [0.05, 0.1) is 11.9 Å². The number of benzene rings is 1. The van der Waals surface area contributed by atoms with E-state index in [2.05, 4.69) is 5.32 Å². The quantitative estimate of drug-likeness (QED) is 0.580. The fourth-order valence-corrected chi connectivity index (χ4v) is 4.67. The first kappa shape index (κ1) is 21.8. The molecule has 31 heavy (non-hydrogen) atoms. The summed E-state index contributed by atoms with van der Waals surface area (Å²) in [4.78, 5) is 12.6. The number of rotatable bonds is 7. The fraction of sp³-hybridized carbons (Fsp3) is 0.500. The van der Waals surface area contributed by atoms with Crippen molar-refractivity contribution in [2.75, 3.05) is 5.32 Å². The van der Waals surface area contributed by atoms with Crippen LogP contribution in [0.2, 0.25) is 0 Å². The Hall–Kier alpha value is -2.39. The van der Waals surface area contributed by atoms with Gasteiger partial charge >= 0.3 is 6.03 Å². The number of carbonyl (C=O) groups is 1. The molecule has 2 aliphatic carbocycles. The molecule has 2 amide bonds. The normalized spacial score (nSPS) is 17.3. The maximum absolute atomic E-state index is 14.2. The van der Waals surface area contributed by atoms with Gasteiger partial charge in [0.1, 0.15) is 5.82 Å². The second-order valence-corrected chi connectivity index (χ2v) is 10.7. The van der Waals surface area contributed by atoms with Crippen LogP contribution < -0.4 is 10.0 Å². The van der Waals surface area contributed by atoms with Gasteiger partial charge in [0.15, 0.2) is 0 Å². The molecule has 1 aromatic heterocycles. The van der Waals surface area contributed by atoms with Crippen molar-refractivity contribution >= 4 is 21.7 Å². The van der Waals surface area contributed by atoms with Crippen molar-refractivity contribution in [1.29, 1.82) is 0 Å². The highest BCUT2D eigenvalue weighted by Gasteiger charge is 2.31. The number of anilines is 1. The highest BCUT2D eigenvalue weighted by Crippen LogP contribution is 2.46. The van der Waals surface area contributed by atoms with Crippen LogP contribution in [0.3, 0.4) is 0 Å². The molecule has 168 valence electrons. The van der Waals surface area contributed by atoms with E-state index in [1.54, 1.807) is 0 Å². The molecule has 2 aromatic rings. The van der Waals surface area contributed by atoms with Gasteiger partial charge in [-0.1, -0.05) is 19.3 Å². The Balaban J connectivity index is 1.55. The summed E-state index contributed by atoms with van der Waals surface area (Å²) >= 11 is 0. The summed E-state index contributed by atoms with van der Waals surface area (Å²) in [5.41, 5.74) is 0.889. The lowest BCUT2D eigenvalue weighted by Gasteiger charge is -2.27. The summed E-state index contributed by atoms with van der Waals surface area (Å²) in [5.74, 6) is 0.274. The molecule has 7 nitrogen and oxygen atoms in total. The molecule has 0 aliphatic heterocycles. The molecule has 3 N–H and O–H groups in total. The Morgan fingerprint density at radius 3 is 2.48 bits per heavy atom. The van der Waals surface area contributed by atoms with Crippen LogP contribution >= 0.6 is 0 Å². The van der Waals surface area contributed by atoms with Gasteiger partial charge < -0.3 is 14.8 Å². The summed E-state index contributed by atoms with van der Waals surface area (Å²) in [7, 11) is -4.29. The van der Waals surface area contributed by atoms with E-state index >= 15 is 0 Å². The molecule has 0 atom stereocenters. The van der Waals surface area contributed by atoms with Crippen molar-refractivity contribution in [2.24, 2.45) is 5.92 Å². The van der Waals surface area contributed by atoms with Crippen molar-refractivity contribution in [3.63, 3.8) is 0 Å². The Bertz CT molecular complexity index is 1100. The second-order valence-electron chi connectivity index (χ2n) is 9.08. The van der Waals surface area contributed by atoms with Crippen molar-refractivity contribution in [1.82, 2.24) is 4.72 Å². The maximum atomic E-state index is 14.2. The lowest BCUT2D eigenvalue weighted by Crippen LogP contribution is -2.35. The molecule has 2 fully saturated rings. The van der Waals surface area contributed by atoms with Crippen LogP contribution in [0.4, 0.5) is 14.9 Å². The highest BCUT2D eigenvalue weighted by atomic mass is 32.2. The fourth-order valence-electron chi connectivity index (χ4n) is 3.81. The standard InChI is InChI=1S/C22H27FN2O5S/c1-22(2,27)16-10-19(30-12-16)31(28,29)25-21(26)24-20-15(8-13-4-3-5-13)9-17(23)11-18(20)14-6-7-14/h9-14,27H,3-8H2,1-2H3,(H2,24,25,26). The van der Waals surface area contributed by atoms with E-state index in [9.17, 15) is 22.7 Å². The van der Waals surface area contributed by atoms with Crippen molar-refractivity contribution in [3.05, 3.63) is 47.0 Å². The number of carbonyl (C=O) groups excluding carboxylic acids is 1. The third-order valence-electron chi connectivity index (χ3n) is 5.98. The summed E-state index contributed by atoms with van der Waals surface area (Å²) in [5, 5.41) is 12.2. The Morgan fingerprint density at radius 2 is 1.94 bits per heavy atom. The minimum atomic E-state index is -4.29. The molecule has 0 saturated heterocycles. The molecular formula is C22H27FN2O5S. The van der Waals surface area contributed by atoms with E-state index in [-0.39, 0.29) is 17.3 Å². The molecule has 2 aliphatic rings. The van der Waals surface area contributed by atoms with Crippen molar-refractivity contribution in [3.8, 4) is 0 Å². The minimum absolute atomic E-state index is 0.169. The van der Waals surface area contributed by atoms with Gasteiger partial charge in [-0.25, -0.2) is 13.9 Å². The number of sulfonamides is 1. The average Bonchev–Trinajstić information content (AvgIpc) is 3.32. The number of furan rings is 1. The van der Waals surface area contributed by atoms with Gasteiger partial charge in [0.2, 0.25) is 5.09 Å². The Labute approximate surface area is 181 Å². The van der Waals surface area contributed by atoms with Crippen LogP contribution in [-0.2, 0) is 22.0 Å². The number of halogens is 1. The number of aliphatic hydroxyl groups is 1. The van der Waals surface area contributed by atoms with Crippen LogP contribution in [-0.4, -0.2) is 19.6 Å². The lowest BCUT2D eigenvalue weighted by atomic mass is 9.80. The SMILES string of the molecule is CC(C)(O)c1coc(S(=O)(=O)NC(=O)Nc2c(CC3CCC3)cc(F)cc2C2CC2)c1. The highest BCUT2D eigenvalue weighted by molar-refractivity contribution is 7.89. The molecule has 2 saturated carbocycles. The molecule has 0 radical (unpaired) electrons. The zero-order valence-corrected chi connectivity index (χ0v) is 18.4. The Kier molecular flexibility index (Phi) is 5.59. The number of urea groups is 1. The molecule has 1 aromatic carbocycles. The largest absolute Gasteiger partial charge is 0.451 e. The molecule has 0 spiro atoms. The molecule has 0 unspecified atom stereocenters. The van der Waals surface area contributed by atoms with E-state index in [1.165, 1.54) is 32.0 Å². The summed E-state index contributed by atoms with van der Waals surface area (Å²) in [6.45, 7) is 2.98. The summed E-state index contributed by atoms with van der Waals surface area (Å²) in [6.07, 6.45) is 6.88.